The average Bonchev–Trinajstić information content (AvgIpc) is 2.83. The predicted molar refractivity (Wildman–Crippen MR) is 78.8 cm³/mol. The molecule has 21 heavy (non-hydrogen) atoms. The van der Waals surface area contributed by atoms with Crippen LogP contribution in [0.2, 0.25) is 0 Å². The highest BCUT2D eigenvalue weighted by molar-refractivity contribution is 7.88. The van der Waals surface area contributed by atoms with Gasteiger partial charge in [-0.3, -0.25) is 0 Å². The Labute approximate surface area is 123 Å². The molecule has 1 aromatic heterocycles. The summed E-state index contributed by atoms with van der Waals surface area (Å²) in [6.07, 6.45) is 0.638. The molecule has 1 aliphatic heterocycles. The Morgan fingerprint density at radius 3 is 2.95 bits per heavy atom. The topological polar surface area (TPSA) is 89.4 Å². The van der Waals surface area contributed by atoms with Gasteiger partial charge < -0.3 is 10.3 Å². The summed E-state index contributed by atoms with van der Waals surface area (Å²) in [5.41, 5.74) is 9.13. The van der Waals surface area contributed by atoms with E-state index in [0.717, 1.165) is 16.8 Å². The Bertz CT molecular complexity index is 768. The van der Waals surface area contributed by atoms with Crippen LogP contribution in [0.4, 0.5) is 5.69 Å². The third-order valence-electron chi connectivity index (χ3n) is 3.67. The van der Waals surface area contributed by atoms with Crippen LogP contribution in [0.1, 0.15) is 22.6 Å². The van der Waals surface area contributed by atoms with E-state index in [0.29, 0.717) is 31.0 Å². The number of aryl methyl sites for hydroxylation is 1. The molecular weight excluding hydrogens is 290 g/mol. The van der Waals surface area contributed by atoms with Gasteiger partial charge in [0, 0.05) is 24.8 Å². The Balaban J connectivity index is 1.81. The maximum Gasteiger partial charge on any atom is 0.220 e. The highest BCUT2D eigenvalue weighted by Crippen LogP contribution is 2.26. The fourth-order valence-corrected chi connectivity index (χ4v) is 4.01. The second kappa shape index (κ2) is 5.16. The lowest BCUT2D eigenvalue weighted by Crippen LogP contribution is -2.37. The molecule has 0 saturated carbocycles. The van der Waals surface area contributed by atoms with Gasteiger partial charge in [-0.2, -0.15) is 4.31 Å². The van der Waals surface area contributed by atoms with Gasteiger partial charge in [0.1, 0.15) is 17.2 Å². The minimum Gasteiger partial charge on any atom is -0.398 e. The first-order valence-corrected chi connectivity index (χ1v) is 8.33. The van der Waals surface area contributed by atoms with Crippen molar-refractivity contribution in [3.05, 3.63) is 46.8 Å². The number of nitrogens with zero attached hydrogens (tertiary/aromatic N) is 2. The molecule has 0 spiro atoms. The second-order valence-electron chi connectivity index (χ2n) is 5.25. The van der Waals surface area contributed by atoms with Crippen LogP contribution in [0.25, 0.3) is 0 Å². The summed E-state index contributed by atoms with van der Waals surface area (Å²) in [6, 6.07) is 7.27. The van der Waals surface area contributed by atoms with Crippen LogP contribution >= 0.6 is 0 Å². The first-order chi connectivity index (χ1) is 9.95. The second-order valence-corrected chi connectivity index (χ2v) is 7.22. The van der Waals surface area contributed by atoms with Gasteiger partial charge in [0.2, 0.25) is 10.0 Å². The van der Waals surface area contributed by atoms with Crippen molar-refractivity contribution in [1.29, 1.82) is 0 Å². The molecule has 0 fully saturated rings. The Morgan fingerprint density at radius 2 is 2.24 bits per heavy atom. The van der Waals surface area contributed by atoms with Gasteiger partial charge in [0.05, 0.1) is 0 Å². The van der Waals surface area contributed by atoms with Gasteiger partial charge in [-0.25, -0.2) is 8.42 Å². The minimum absolute atomic E-state index is 0.137. The van der Waals surface area contributed by atoms with Gasteiger partial charge in [-0.1, -0.05) is 17.3 Å². The molecule has 2 aromatic rings. The van der Waals surface area contributed by atoms with Crippen LogP contribution in [0.15, 0.2) is 28.8 Å². The van der Waals surface area contributed by atoms with Crippen LogP contribution in [0.3, 0.4) is 0 Å². The summed E-state index contributed by atoms with van der Waals surface area (Å²) in [6.45, 7) is 2.54. The van der Waals surface area contributed by atoms with Crippen molar-refractivity contribution in [2.45, 2.75) is 25.6 Å². The molecule has 2 N–H and O–H groups in total. The zero-order chi connectivity index (χ0) is 15.0. The van der Waals surface area contributed by atoms with E-state index in [1.54, 1.807) is 13.0 Å². The first-order valence-electron chi connectivity index (χ1n) is 6.72. The fourth-order valence-electron chi connectivity index (χ4n) is 2.61. The van der Waals surface area contributed by atoms with Gasteiger partial charge in [-0.05, 0) is 30.5 Å². The Morgan fingerprint density at radius 1 is 1.43 bits per heavy atom. The molecule has 0 aliphatic carbocycles. The fraction of sp³-hybridized carbons (Fsp3) is 0.357. The number of rotatable bonds is 3. The monoisotopic (exact) mass is 307 g/mol. The van der Waals surface area contributed by atoms with E-state index < -0.39 is 10.0 Å². The molecule has 2 heterocycles. The Hall–Kier alpha value is -1.86. The van der Waals surface area contributed by atoms with E-state index in [-0.39, 0.29) is 5.75 Å². The van der Waals surface area contributed by atoms with Crippen LogP contribution in [-0.4, -0.2) is 24.4 Å². The molecule has 0 atom stereocenters. The van der Waals surface area contributed by atoms with E-state index in [2.05, 4.69) is 5.16 Å². The highest BCUT2D eigenvalue weighted by atomic mass is 32.2. The lowest BCUT2D eigenvalue weighted by molar-refractivity contribution is 0.382. The summed E-state index contributed by atoms with van der Waals surface area (Å²) < 4.78 is 31.3. The van der Waals surface area contributed by atoms with Crippen molar-refractivity contribution in [3.63, 3.8) is 0 Å². The summed E-state index contributed by atoms with van der Waals surface area (Å²) in [4.78, 5) is 0. The molecule has 0 radical (unpaired) electrons. The van der Waals surface area contributed by atoms with Gasteiger partial charge in [0.25, 0.3) is 0 Å². The molecule has 112 valence electrons. The van der Waals surface area contributed by atoms with Crippen molar-refractivity contribution in [2.75, 3.05) is 12.3 Å². The number of fused-ring (bicyclic) bond motifs is 1. The molecule has 0 unspecified atom stereocenters. The number of hydrogen-bond acceptors (Lipinski definition) is 5. The molecule has 0 amide bonds. The van der Waals surface area contributed by atoms with Crippen molar-refractivity contribution >= 4 is 15.7 Å². The number of hydrogen-bond donors (Lipinski definition) is 1. The standard InChI is InChI=1S/C14H17N3O3S/c1-10-7-12(16-20-10)9-21(18,19)17-6-5-13-11(8-17)3-2-4-14(13)15/h2-4,7H,5-6,8-9,15H2,1H3. The summed E-state index contributed by atoms with van der Waals surface area (Å²) >= 11 is 0. The van der Waals surface area contributed by atoms with E-state index >= 15 is 0 Å². The molecule has 3 rings (SSSR count). The molecule has 0 saturated heterocycles. The van der Waals surface area contributed by atoms with Gasteiger partial charge in [0.15, 0.2) is 0 Å². The van der Waals surface area contributed by atoms with Crippen molar-refractivity contribution < 1.29 is 12.9 Å². The number of sulfonamides is 1. The summed E-state index contributed by atoms with van der Waals surface area (Å²) in [7, 11) is -3.41. The number of aromatic nitrogens is 1. The number of benzene rings is 1. The van der Waals surface area contributed by atoms with E-state index in [1.807, 2.05) is 18.2 Å². The van der Waals surface area contributed by atoms with Crippen LogP contribution in [0.5, 0.6) is 0 Å². The lowest BCUT2D eigenvalue weighted by Gasteiger charge is -2.28. The average molecular weight is 307 g/mol. The predicted octanol–water partition coefficient (Wildman–Crippen LogP) is 1.45. The zero-order valence-corrected chi connectivity index (χ0v) is 12.6. The molecule has 6 nitrogen and oxygen atoms in total. The third kappa shape index (κ3) is 2.79. The van der Waals surface area contributed by atoms with E-state index in [9.17, 15) is 8.42 Å². The van der Waals surface area contributed by atoms with Gasteiger partial charge in [-0.15, -0.1) is 0 Å². The minimum atomic E-state index is -3.41. The normalized spacial score (nSPS) is 15.9. The zero-order valence-electron chi connectivity index (χ0n) is 11.7. The first kappa shape index (κ1) is 14.1. The number of nitrogen functional groups attached to an aromatic ring is 1. The number of anilines is 1. The van der Waals surface area contributed by atoms with E-state index in [4.69, 9.17) is 10.3 Å². The lowest BCUT2D eigenvalue weighted by atomic mass is 9.99. The quantitative estimate of drug-likeness (QED) is 0.867. The van der Waals surface area contributed by atoms with Crippen molar-refractivity contribution in [2.24, 2.45) is 0 Å². The van der Waals surface area contributed by atoms with Crippen LogP contribution in [0, 0.1) is 6.92 Å². The maximum absolute atomic E-state index is 12.5. The molecule has 1 aliphatic rings. The largest absolute Gasteiger partial charge is 0.398 e. The van der Waals surface area contributed by atoms with Crippen molar-refractivity contribution in [3.8, 4) is 0 Å². The summed E-state index contributed by atoms with van der Waals surface area (Å²) in [5, 5.41) is 3.75. The third-order valence-corrected chi connectivity index (χ3v) is 5.43. The smallest absolute Gasteiger partial charge is 0.220 e. The molecule has 7 heteroatoms. The number of nitrogens with two attached hydrogens (primary N) is 1. The summed E-state index contributed by atoms with van der Waals surface area (Å²) in [5.74, 6) is 0.471. The SMILES string of the molecule is Cc1cc(CS(=O)(=O)N2CCc3c(N)cccc3C2)no1. The maximum atomic E-state index is 12.5. The van der Waals surface area contributed by atoms with E-state index in [1.165, 1.54) is 4.31 Å². The van der Waals surface area contributed by atoms with Crippen LogP contribution in [-0.2, 0) is 28.7 Å². The Kier molecular flexibility index (Phi) is 3.46. The van der Waals surface area contributed by atoms with Crippen molar-refractivity contribution in [1.82, 2.24) is 9.46 Å². The van der Waals surface area contributed by atoms with Gasteiger partial charge >= 0.3 is 0 Å². The highest BCUT2D eigenvalue weighted by Gasteiger charge is 2.28. The molecular formula is C14H17N3O3S. The van der Waals surface area contributed by atoms with Crippen LogP contribution < -0.4 is 5.73 Å². The molecule has 0 bridgehead atoms. The molecule has 1 aromatic carbocycles.